The van der Waals surface area contributed by atoms with E-state index in [9.17, 15) is 19.2 Å². The van der Waals surface area contributed by atoms with Gasteiger partial charge in [-0.3, -0.25) is 19.3 Å². The number of Topliss-reactive ketones (excluding diaryl/α,β-unsaturated/α-hetero) is 1. The molecule has 4 aromatic rings. The molecule has 8 heteroatoms. The number of ether oxygens (including phenoxy) is 2. The number of fused-ring (bicyclic) bond motifs is 2. The highest BCUT2D eigenvalue weighted by atomic mass is 16.5. The van der Waals surface area contributed by atoms with Crippen LogP contribution in [0.25, 0.3) is 22.2 Å². The van der Waals surface area contributed by atoms with E-state index in [1.165, 1.54) is 12.0 Å². The molecule has 6 rings (SSSR count). The number of aromatic nitrogens is 1. The lowest BCUT2D eigenvalue weighted by atomic mass is 9.85. The van der Waals surface area contributed by atoms with E-state index >= 15 is 0 Å². The van der Waals surface area contributed by atoms with Gasteiger partial charge in [0.2, 0.25) is 11.8 Å². The summed E-state index contributed by atoms with van der Waals surface area (Å²) in [4.78, 5) is 58.1. The standard InChI is InChI=1S/C34H28N2O6/c1-20-10-15-29-27(16-20)28(34(40)42-19-31(37)22-6-5-7-24(17-22)41-2)18-30(35-29)21-11-13-23(14-12-21)36-32(38)25-8-3-4-9-26(25)33(36)39/h3-7,10-18,25-26H,8-9,19H2,1-2H3/t25-,26+. The summed E-state index contributed by atoms with van der Waals surface area (Å²) in [5, 5.41) is 0.610. The van der Waals surface area contributed by atoms with Crippen LogP contribution in [0.5, 0.6) is 5.75 Å². The molecule has 0 radical (unpaired) electrons. The molecule has 0 saturated carbocycles. The third kappa shape index (κ3) is 4.96. The van der Waals surface area contributed by atoms with Crippen molar-refractivity contribution in [3.63, 3.8) is 0 Å². The average molecular weight is 561 g/mol. The lowest BCUT2D eigenvalue weighted by Gasteiger charge is -2.15. The van der Waals surface area contributed by atoms with E-state index in [-0.39, 0.29) is 35.0 Å². The predicted octanol–water partition coefficient (Wildman–Crippen LogP) is 5.71. The topological polar surface area (TPSA) is 103 Å². The molecule has 8 nitrogen and oxygen atoms in total. The van der Waals surface area contributed by atoms with Crippen molar-refractivity contribution in [1.29, 1.82) is 0 Å². The van der Waals surface area contributed by atoms with Crippen LogP contribution in [0.3, 0.4) is 0 Å². The van der Waals surface area contributed by atoms with Crippen LogP contribution >= 0.6 is 0 Å². The Kier molecular flexibility index (Phi) is 7.12. The number of esters is 1. The summed E-state index contributed by atoms with van der Waals surface area (Å²) in [5.74, 6) is -1.42. The van der Waals surface area contributed by atoms with Gasteiger partial charge in [-0.2, -0.15) is 0 Å². The molecule has 2 amide bonds. The second kappa shape index (κ2) is 11.0. The molecule has 2 aliphatic rings. The summed E-state index contributed by atoms with van der Waals surface area (Å²) in [6.45, 7) is 1.49. The quantitative estimate of drug-likeness (QED) is 0.123. The highest BCUT2D eigenvalue weighted by molar-refractivity contribution is 6.22. The zero-order chi connectivity index (χ0) is 29.4. The van der Waals surface area contributed by atoms with Crippen LogP contribution in [0.4, 0.5) is 5.69 Å². The van der Waals surface area contributed by atoms with E-state index < -0.39 is 12.6 Å². The zero-order valence-corrected chi connectivity index (χ0v) is 23.2. The molecule has 0 bridgehead atoms. The molecule has 1 saturated heterocycles. The number of amides is 2. The van der Waals surface area contributed by atoms with Crippen molar-refractivity contribution in [3.05, 3.63) is 102 Å². The number of anilines is 1. The van der Waals surface area contributed by atoms with Gasteiger partial charge in [-0.15, -0.1) is 0 Å². The van der Waals surface area contributed by atoms with Crippen molar-refractivity contribution in [3.8, 4) is 17.0 Å². The second-order valence-corrected chi connectivity index (χ2v) is 10.5. The van der Waals surface area contributed by atoms with Crippen LogP contribution in [0.2, 0.25) is 0 Å². The van der Waals surface area contributed by atoms with Crippen LogP contribution in [-0.2, 0) is 14.3 Å². The number of rotatable bonds is 7. The van der Waals surface area contributed by atoms with Crippen molar-refractivity contribution < 1.29 is 28.7 Å². The van der Waals surface area contributed by atoms with Crippen LogP contribution in [0.15, 0.2) is 84.9 Å². The zero-order valence-electron chi connectivity index (χ0n) is 23.2. The number of pyridine rings is 1. The number of carbonyl (C=O) groups is 4. The number of hydrogen-bond donors (Lipinski definition) is 0. The van der Waals surface area contributed by atoms with E-state index in [0.717, 1.165) is 5.56 Å². The number of carbonyl (C=O) groups excluding carboxylic acids is 4. The summed E-state index contributed by atoms with van der Waals surface area (Å²) < 4.78 is 10.6. The van der Waals surface area contributed by atoms with E-state index in [1.54, 1.807) is 54.6 Å². The van der Waals surface area contributed by atoms with Crippen LogP contribution < -0.4 is 9.64 Å². The maximum Gasteiger partial charge on any atom is 0.339 e. The van der Waals surface area contributed by atoms with Gasteiger partial charge in [0.15, 0.2) is 12.4 Å². The Bertz CT molecular complexity index is 1750. The second-order valence-electron chi connectivity index (χ2n) is 10.5. The van der Waals surface area contributed by atoms with E-state index in [2.05, 4.69) is 0 Å². The molecule has 210 valence electrons. The Morgan fingerprint density at radius 1 is 0.905 bits per heavy atom. The summed E-state index contributed by atoms with van der Waals surface area (Å²) in [6, 6.07) is 20.9. The Morgan fingerprint density at radius 2 is 1.62 bits per heavy atom. The van der Waals surface area contributed by atoms with Crippen molar-refractivity contribution in [2.45, 2.75) is 19.8 Å². The minimum absolute atomic E-state index is 0.171. The Morgan fingerprint density at radius 3 is 2.31 bits per heavy atom. The highest BCUT2D eigenvalue weighted by Gasteiger charge is 2.47. The van der Waals surface area contributed by atoms with Crippen molar-refractivity contribution in [2.75, 3.05) is 18.6 Å². The van der Waals surface area contributed by atoms with Gasteiger partial charge < -0.3 is 9.47 Å². The first-order valence-electron chi connectivity index (χ1n) is 13.7. The summed E-state index contributed by atoms with van der Waals surface area (Å²) in [6.07, 6.45) is 5.08. The van der Waals surface area contributed by atoms with Gasteiger partial charge in [0.25, 0.3) is 0 Å². The fraction of sp³-hybridized carbons (Fsp3) is 0.206. The van der Waals surface area contributed by atoms with Gasteiger partial charge in [0.1, 0.15) is 5.75 Å². The van der Waals surface area contributed by atoms with Gasteiger partial charge in [-0.05, 0) is 62.2 Å². The first-order valence-corrected chi connectivity index (χ1v) is 13.7. The molecule has 2 atom stereocenters. The number of allylic oxidation sites excluding steroid dienone is 2. The SMILES string of the molecule is COc1cccc(C(=O)COC(=O)c2cc(-c3ccc(N4C(=O)[C@H]5CC=CC[C@H]5C4=O)cc3)nc3ccc(C)cc23)c1. The summed E-state index contributed by atoms with van der Waals surface area (Å²) in [5.41, 5.74) is 3.91. The fourth-order valence-corrected chi connectivity index (χ4v) is 5.58. The third-order valence-electron chi connectivity index (χ3n) is 7.84. The van der Waals surface area contributed by atoms with Crippen LogP contribution in [0.1, 0.15) is 39.1 Å². The minimum atomic E-state index is -0.647. The monoisotopic (exact) mass is 560 g/mol. The minimum Gasteiger partial charge on any atom is -0.497 e. The van der Waals surface area contributed by atoms with Crippen molar-refractivity contribution in [1.82, 2.24) is 4.98 Å². The van der Waals surface area contributed by atoms with Crippen LogP contribution in [0, 0.1) is 18.8 Å². The number of hydrogen-bond acceptors (Lipinski definition) is 7. The van der Waals surface area contributed by atoms with E-state index in [0.29, 0.717) is 52.0 Å². The molecule has 42 heavy (non-hydrogen) atoms. The molecule has 0 spiro atoms. The highest BCUT2D eigenvalue weighted by Crippen LogP contribution is 2.38. The Hall–Kier alpha value is -5.11. The van der Waals surface area contributed by atoms with Gasteiger partial charge in [0, 0.05) is 16.5 Å². The lowest BCUT2D eigenvalue weighted by molar-refractivity contribution is -0.122. The molecule has 3 aromatic carbocycles. The molecular weight excluding hydrogens is 532 g/mol. The molecular formula is C34H28N2O6. The molecule has 0 unspecified atom stereocenters. The van der Waals surface area contributed by atoms with Gasteiger partial charge in [-0.1, -0.05) is 48.0 Å². The first kappa shape index (κ1) is 27.1. The fourth-order valence-electron chi connectivity index (χ4n) is 5.58. The summed E-state index contributed by atoms with van der Waals surface area (Å²) >= 11 is 0. The Balaban J connectivity index is 1.27. The Labute approximate surface area is 242 Å². The van der Waals surface area contributed by atoms with Crippen molar-refractivity contribution >= 4 is 40.2 Å². The van der Waals surface area contributed by atoms with Gasteiger partial charge in [0.05, 0.1) is 41.4 Å². The number of benzene rings is 3. The molecule has 1 aromatic heterocycles. The van der Waals surface area contributed by atoms with E-state index in [4.69, 9.17) is 14.5 Å². The average Bonchev–Trinajstić information content (AvgIpc) is 3.28. The van der Waals surface area contributed by atoms with Crippen molar-refractivity contribution in [2.24, 2.45) is 11.8 Å². The smallest absolute Gasteiger partial charge is 0.339 e. The van der Waals surface area contributed by atoms with Gasteiger partial charge >= 0.3 is 5.97 Å². The maximum atomic E-state index is 13.3. The number of imide groups is 1. The normalized spacial score (nSPS) is 17.8. The molecule has 1 fully saturated rings. The first-order chi connectivity index (χ1) is 20.3. The lowest BCUT2D eigenvalue weighted by Crippen LogP contribution is -2.30. The number of aryl methyl sites for hydroxylation is 1. The molecule has 2 heterocycles. The van der Waals surface area contributed by atoms with Crippen LogP contribution in [-0.4, -0.2) is 42.3 Å². The molecule has 1 aliphatic heterocycles. The maximum absolute atomic E-state index is 13.3. The third-order valence-corrected chi connectivity index (χ3v) is 7.84. The van der Waals surface area contributed by atoms with Gasteiger partial charge in [-0.25, -0.2) is 9.78 Å². The summed E-state index contributed by atoms with van der Waals surface area (Å²) in [7, 11) is 1.51. The molecule has 0 N–H and O–H groups in total. The number of methoxy groups -OCH3 is 1. The molecule has 1 aliphatic carbocycles. The van der Waals surface area contributed by atoms with E-state index in [1.807, 2.05) is 37.3 Å². The predicted molar refractivity (Wildman–Crippen MR) is 157 cm³/mol. The number of nitrogens with zero attached hydrogens (tertiary/aromatic N) is 2. The largest absolute Gasteiger partial charge is 0.497 e. The number of ketones is 1.